The van der Waals surface area contributed by atoms with E-state index in [0.29, 0.717) is 4.75 Å². The molecule has 0 nitrogen and oxygen atoms in total. The molecule has 0 aromatic heterocycles. The predicted molar refractivity (Wildman–Crippen MR) is 55.2 cm³/mol. The number of hydrogen-bond acceptors (Lipinski definition) is 2. The highest BCUT2D eigenvalue weighted by Gasteiger charge is 2.07. The van der Waals surface area contributed by atoms with Crippen molar-refractivity contribution in [3.63, 3.8) is 0 Å². The smallest absolute Gasteiger partial charge is 0.0118 e. The van der Waals surface area contributed by atoms with Gasteiger partial charge in [-0.05, 0) is 0 Å². The van der Waals surface area contributed by atoms with Crippen molar-refractivity contribution in [1.82, 2.24) is 0 Å². The monoisotopic (exact) mass is 176 g/mol. The zero-order valence-electron chi connectivity index (χ0n) is 6.92. The minimum Gasteiger partial charge on any atom is -0.175 e. The Balaban J connectivity index is 3.28. The zero-order chi connectivity index (χ0) is 8.04. The molecule has 0 aliphatic heterocycles. The van der Waals surface area contributed by atoms with Crippen LogP contribution in [0, 0.1) is 0 Å². The van der Waals surface area contributed by atoms with Gasteiger partial charge in [0.25, 0.3) is 0 Å². The van der Waals surface area contributed by atoms with Gasteiger partial charge in [0.05, 0.1) is 0 Å². The fraction of sp³-hybridized carbons (Fsp3) is 0.750. The molecule has 60 valence electrons. The summed E-state index contributed by atoms with van der Waals surface area (Å²) in [7, 11) is 0. The van der Waals surface area contributed by atoms with Gasteiger partial charge in [-0.3, -0.25) is 0 Å². The molecule has 0 saturated heterocycles. The van der Waals surface area contributed by atoms with Crippen molar-refractivity contribution in [2.24, 2.45) is 0 Å². The molecule has 0 bridgehead atoms. The van der Waals surface area contributed by atoms with E-state index in [1.54, 1.807) is 0 Å². The average molecular weight is 176 g/mol. The van der Waals surface area contributed by atoms with Crippen LogP contribution in [0.4, 0.5) is 0 Å². The van der Waals surface area contributed by atoms with Crippen LogP contribution in [0.2, 0.25) is 0 Å². The molecule has 0 aromatic carbocycles. The minimum absolute atomic E-state index is 0.390. The second-order valence-electron chi connectivity index (χ2n) is 3.08. The summed E-state index contributed by atoms with van der Waals surface area (Å²) in [6, 6.07) is 0. The average Bonchev–Trinajstić information content (AvgIpc) is 1.78. The van der Waals surface area contributed by atoms with Crippen LogP contribution in [0.5, 0.6) is 0 Å². The molecule has 0 spiro atoms. The standard InChI is InChI=1S/C8H16S2/c1-8(2,3)10-7-5-4-6-9/h4-5,9H,6-7H2,1-3H3. The van der Waals surface area contributed by atoms with E-state index in [0.717, 1.165) is 11.5 Å². The minimum atomic E-state index is 0.390. The van der Waals surface area contributed by atoms with Gasteiger partial charge in [0.2, 0.25) is 0 Å². The van der Waals surface area contributed by atoms with Crippen molar-refractivity contribution in [1.29, 1.82) is 0 Å². The summed E-state index contributed by atoms with van der Waals surface area (Å²) in [5.41, 5.74) is 0. The first kappa shape index (κ1) is 10.4. The lowest BCUT2D eigenvalue weighted by atomic mass is 10.3. The van der Waals surface area contributed by atoms with Crippen LogP contribution in [0.3, 0.4) is 0 Å². The lowest BCUT2D eigenvalue weighted by molar-refractivity contribution is 0.804. The lowest BCUT2D eigenvalue weighted by Gasteiger charge is -2.15. The molecular formula is C8H16S2. The molecule has 0 amide bonds. The van der Waals surface area contributed by atoms with E-state index in [1.807, 2.05) is 11.8 Å². The molecule has 0 atom stereocenters. The van der Waals surface area contributed by atoms with Crippen LogP contribution >= 0.6 is 24.4 Å². The first-order valence-electron chi connectivity index (χ1n) is 3.46. The summed E-state index contributed by atoms with van der Waals surface area (Å²) in [6.07, 6.45) is 4.25. The van der Waals surface area contributed by atoms with E-state index < -0.39 is 0 Å². The molecule has 0 N–H and O–H groups in total. The first-order chi connectivity index (χ1) is 4.56. The van der Waals surface area contributed by atoms with Gasteiger partial charge < -0.3 is 0 Å². The van der Waals surface area contributed by atoms with E-state index in [1.165, 1.54) is 0 Å². The van der Waals surface area contributed by atoms with Gasteiger partial charge in [-0.15, -0.1) is 0 Å². The van der Waals surface area contributed by atoms with Gasteiger partial charge in [-0.1, -0.05) is 32.9 Å². The fourth-order valence-corrected chi connectivity index (χ4v) is 1.32. The van der Waals surface area contributed by atoms with E-state index in [-0.39, 0.29) is 0 Å². The molecular weight excluding hydrogens is 160 g/mol. The van der Waals surface area contributed by atoms with Crippen LogP contribution in [0.1, 0.15) is 20.8 Å². The number of hydrogen-bond donors (Lipinski definition) is 1. The summed E-state index contributed by atoms with van der Waals surface area (Å²) < 4.78 is 0.390. The van der Waals surface area contributed by atoms with Crippen LogP contribution in [-0.2, 0) is 0 Å². The second-order valence-corrected chi connectivity index (χ2v) is 5.29. The molecule has 2 heteroatoms. The third-order valence-electron chi connectivity index (χ3n) is 0.885. The fourth-order valence-electron chi connectivity index (χ4n) is 0.441. The molecule has 10 heavy (non-hydrogen) atoms. The Morgan fingerprint density at radius 3 is 2.30 bits per heavy atom. The van der Waals surface area contributed by atoms with Crippen molar-refractivity contribution in [3.8, 4) is 0 Å². The molecule has 0 aliphatic carbocycles. The molecule has 0 radical (unpaired) electrons. The third-order valence-corrected chi connectivity index (χ3v) is 2.32. The Morgan fingerprint density at radius 1 is 1.30 bits per heavy atom. The normalized spacial score (nSPS) is 12.8. The van der Waals surface area contributed by atoms with E-state index in [9.17, 15) is 0 Å². The Kier molecular flexibility index (Phi) is 5.36. The van der Waals surface area contributed by atoms with Crippen molar-refractivity contribution >= 4 is 24.4 Å². The highest BCUT2D eigenvalue weighted by molar-refractivity contribution is 8.00. The van der Waals surface area contributed by atoms with Crippen LogP contribution < -0.4 is 0 Å². The summed E-state index contributed by atoms with van der Waals surface area (Å²) in [5, 5.41) is 0. The van der Waals surface area contributed by atoms with Crippen LogP contribution in [0.25, 0.3) is 0 Å². The van der Waals surface area contributed by atoms with E-state index >= 15 is 0 Å². The van der Waals surface area contributed by atoms with Crippen molar-refractivity contribution in [2.75, 3.05) is 11.5 Å². The molecule has 0 saturated carbocycles. The Hall–Kier alpha value is 0.440. The van der Waals surface area contributed by atoms with E-state index in [2.05, 4.69) is 45.6 Å². The highest BCUT2D eigenvalue weighted by Crippen LogP contribution is 2.22. The summed E-state index contributed by atoms with van der Waals surface area (Å²) in [5.74, 6) is 1.95. The van der Waals surface area contributed by atoms with Gasteiger partial charge in [0.15, 0.2) is 0 Å². The molecule has 0 unspecified atom stereocenters. The molecule has 0 fully saturated rings. The topological polar surface area (TPSA) is 0 Å². The van der Waals surface area contributed by atoms with Gasteiger partial charge in [-0.2, -0.15) is 24.4 Å². The third kappa shape index (κ3) is 8.44. The maximum Gasteiger partial charge on any atom is 0.0118 e. The number of rotatable bonds is 3. The maximum atomic E-state index is 4.07. The van der Waals surface area contributed by atoms with Gasteiger partial charge >= 0.3 is 0 Å². The quantitative estimate of drug-likeness (QED) is 0.509. The van der Waals surface area contributed by atoms with E-state index in [4.69, 9.17) is 0 Å². The summed E-state index contributed by atoms with van der Waals surface area (Å²) >= 11 is 6.02. The first-order valence-corrected chi connectivity index (χ1v) is 5.08. The highest BCUT2D eigenvalue weighted by atomic mass is 32.2. The lowest BCUT2D eigenvalue weighted by Crippen LogP contribution is -2.07. The molecule has 0 rings (SSSR count). The summed E-state index contributed by atoms with van der Waals surface area (Å²) in [4.78, 5) is 0. The molecule has 0 heterocycles. The SMILES string of the molecule is CC(C)(C)SCC=CCS. The Morgan fingerprint density at radius 2 is 1.90 bits per heavy atom. The predicted octanol–water partition coefficient (Wildman–Crippen LogP) is 3.00. The Labute approximate surface area is 73.9 Å². The van der Waals surface area contributed by atoms with Crippen molar-refractivity contribution < 1.29 is 0 Å². The maximum absolute atomic E-state index is 4.07. The molecule has 0 aliphatic rings. The van der Waals surface area contributed by atoms with Gasteiger partial charge in [0, 0.05) is 16.3 Å². The zero-order valence-corrected chi connectivity index (χ0v) is 8.64. The number of thioether (sulfide) groups is 1. The summed E-state index contributed by atoms with van der Waals surface area (Å²) in [6.45, 7) is 6.69. The Bertz CT molecular complexity index is 100. The van der Waals surface area contributed by atoms with Crippen LogP contribution in [0.15, 0.2) is 12.2 Å². The van der Waals surface area contributed by atoms with Gasteiger partial charge in [-0.25, -0.2) is 0 Å². The van der Waals surface area contributed by atoms with Crippen molar-refractivity contribution in [3.05, 3.63) is 12.2 Å². The molecule has 0 aromatic rings. The largest absolute Gasteiger partial charge is 0.175 e. The number of thiol groups is 1. The van der Waals surface area contributed by atoms with Crippen molar-refractivity contribution in [2.45, 2.75) is 25.5 Å². The van der Waals surface area contributed by atoms with Crippen LogP contribution in [-0.4, -0.2) is 16.3 Å². The van der Waals surface area contributed by atoms with Gasteiger partial charge in [0.1, 0.15) is 0 Å². The second kappa shape index (κ2) is 5.14.